The Morgan fingerprint density at radius 3 is 2.42 bits per heavy atom. The molecule has 0 aromatic heterocycles. The van der Waals surface area contributed by atoms with E-state index in [0.29, 0.717) is 0 Å². The largest absolute Gasteiger partial charge is 0.378 e. The van der Waals surface area contributed by atoms with Gasteiger partial charge in [-0.15, -0.1) is 0 Å². The number of hydrogen-bond donors (Lipinski definition) is 1. The lowest BCUT2D eigenvalue weighted by Crippen LogP contribution is -2.39. The van der Waals surface area contributed by atoms with Gasteiger partial charge in [0.2, 0.25) is 0 Å². The number of amides is 1. The second kappa shape index (κ2) is 8.49. The van der Waals surface area contributed by atoms with Crippen LogP contribution < -0.4 is 10.2 Å². The maximum Gasteiger partial charge on any atom is 0.253 e. The van der Waals surface area contributed by atoms with Gasteiger partial charge in [-0.1, -0.05) is 0 Å². The number of carbonyl (C=O) groups excluding carboxylic acids is 1. The van der Waals surface area contributed by atoms with Gasteiger partial charge in [0.15, 0.2) is 0 Å². The molecule has 1 amide bonds. The third-order valence-electron chi connectivity index (χ3n) is 5.19. The highest BCUT2D eigenvalue weighted by Gasteiger charge is 2.23. The standard InChI is InChI=1S/C19H29N3O2/c1-20-9-6-16-7-10-22(11-8-16)19(23)17-2-4-18(5-3-17)21-12-14-24-15-13-21/h2-5,16,20H,6-15H2,1H3. The summed E-state index contributed by atoms with van der Waals surface area (Å²) >= 11 is 0. The number of hydrogen-bond acceptors (Lipinski definition) is 4. The maximum absolute atomic E-state index is 12.7. The Labute approximate surface area is 145 Å². The number of benzene rings is 1. The summed E-state index contributed by atoms with van der Waals surface area (Å²) in [5.41, 5.74) is 1.99. The maximum atomic E-state index is 12.7. The van der Waals surface area contributed by atoms with E-state index in [2.05, 4.69) is 22.3 Å². The van der Waals surface area contributed by atoms with Crippen molar-refractivity contribution in [3.05, 3.63) is 29.8 Å². The summed E-state index contributed by atoms with van der Waals surface area (Å²) in [5.74, 6) is 0.931. The van der Waals surface area contributed by atoms with Crippen LogP contribution in [0.3, 0.4) is 0 Å². The lowest BCUT2D eigenvalue weighted by atomic mass is 9.93. The molecule has 1 N–H and O–H groups in total. The number of ether oxygens (including phenoxy) is 1. The van der Waals surface area contributed by atoms with Gasteiger partial charge in [-0.25, -0.2) is 0 Å². The van der Waals surface area contributed by atoms with Crippen molar-refractivity contribution in [1.82, 2.24) is 10.2 Å². The van der Waals surface area contributed by atoms with Crippen LogP contribution in [0, 0.1) is 5.92 Å². The van der Waals surface area contributed by atoms with E-state index >= 15 is 0 Å². The topological polar surface area (TPSA) is 44.8 Å². The molecule has 132 valence electrons. The van der Waals surface area contributed by atoms with Crippen molar-refractivity contribution in [2.24, 2.45) is 5.92 Å². The molecule has 1 aromatic rings. The first-order chi connectivity index (χ1) is 11.8. The second-order valence-corrected chi connectivity index (χ2v) is 6.77. The smallest absolute Gasteiger partial charge is 0.253 e. The number of anilines is 1. The summed E-state index contributed by atoms with van der Waals surface area (Å²) in [5, 5.41) is 3.21. The van der Waals surface area contributed by atoms with Crippen LogP contribution in [0.5, 0.6) is 0 Å². The Hall–Kier alpha value is -1.59. The highest BCUT2D eigenvalue weighted by molar-refractivity contribution is 5.94. The molecule has 1 aromatic carbocycles. The van der Waals surface area contributed by atoms with Crippen molar-refractivity contribution < 1.29 is 9.53 Å². The Balaban J connectivity index is 1.53. The molecule has 2 aliphatic rings. The van der Waals surface area contributed by atoms with Crippen molar-refractivity contribution >= 4 is 11.6 Å². The fourth-order valence-corrected chi connectivity index (χ4v) is 3.59. The summed E-state index contributed by atoms with van der Waals surface area (Å²) in [4.78, 5) is 17.0. The molecule has 0 spiro atoms. The zero-order valence-corrected chi connectivity index (χ0v) is 14.7. The van der Waals surface area contributed by atoms with Gasteiger partial charge in [0, 0.05) is 37.4 Å². The molecule has 5 nitrogen and oxygen atoms in total. The van der Waals surface area contributed by atoms with E-state index in [-0.39, 0.29) is 5.91 Å². The molecule has 5 heteroatoms. The Morgan fingerprint density at radius 1 is 1.12 bits per heavy atom. The van der Waals surface area contributed by atoms with Crippen molar-refractivity contribution in [1.29, 1.82) is 0 Å². The first-order valence-electron chi connectivity index (χ1n) is 9.14. The lowest BCUT2D eigenvalue weighted by molar-refractivity contribution is 0.0687. The first-order valence-corrected chi connectivity index (χ1v) is 9.14. The molecule has 2 aliphatic heterocycles. The molecule has 2 heterocycles. The van der Waals surface area contributed by atoms with Crippen LogP contribution >= 0.6 is 0 Å². The number of nitrogens with one attached hydrogen (secondary N) is 1. The third kappa shape index (κ3) is 4.28. The van der Waals surface area contributed by atoms with Crippen LogP contribution in [0.1, 0.15) is 29.6 Å². The van der Waals surface area contributed by atoms with Crippen LogP contribution in [0.4, 0.5) is 5.69 Å². The molecule has 0 atom stereocenters. The molecule has 0 aliphatic carbocycles. The number of likely N-dealkylation sites (tertiary alicyclic amines) is 1. The average molecular weight is 331 g/mol. The summed E-state index contributed by atoms with van der Waals surface area (Å²) in [6, 6.07) is 8.08. The zero-order chi connectivity index (χ0) is 16.8. The molecule has 3 rings (SSSR count). The fraction of sp³-hybridized carbons (Fsp3) is 0.632. The van der Waals surface area contributed by atoms with Gasteiger partial charge >= 0.3 is 0 Å². The van der Waals surface area contributed by atoms with Crippen LogP contribution in [-0.4, -0.2) is 63.8 Å². The lowest BCUT2D eigenvalue weighted by Gasteiger charge is -2.32. The Morgan fingerprint density at radius 2 is 1.79 bits per heavy atom. The number of nitrogens with zero attached hydrogens (tertiary/aromatic N) is 2. The van der Waals surface area contributed by atoms with Crippen molar-refractivity contribution in [2.75, 3.05) is 57.9 Å². The molecular formula is C19H29N3O2. The van der Waals surface area contributed by atoms with E-state index in [9.17, 15) is 4.79 Å². The molecule has 0 radical (unpaired) electrons. The molecular weight excluding hydrogens is 302 g/mol. The molecule has 0 unspecified atom stereocenters. The van der Waals surface area contributed by atoms with Crippen molar-refractivity contribution in [3.63, 3.8) is 0 Å². The Bertz CT molecular complexity index is 518. The zero-order valence-electron chi connectivity index (χ0n) is 14.7. The van der Waals surface area contributed by atoms with Gasteiger partial charge in [-0.3, -0.25) is 4.79 Å². The normalized spacial score (nSPS) is 19.5. The van der Waals surface area contributed by atoms with Gasteiger partial charge in [0.25, 0.3) is 5.91 Å². The van der Waals surface area contributed by atoms with E-state index in [1.807, 2.05) is 24.1 Å². The minimum atomic E-state index is 0.176. The van der Waals surface area contributed by atoms with Crippen molar-refractivity contribution in [3.8, 4) is 0 Å². The summed E-state index contributed by atoms with van der Waals surface area (Å²) < 4.78 is 5.39. The second-order valence-electron chi connectivity index (χ2n) is 6.77. The number of carbonyl (C=O) groups is 1. The average Bonchev–Trinajstić information content (AvgIpc) is 2.67. The number of rotatable bonds is 5. The predicted molar refractivity (Wildman–Crippen MR) is 96.6 cm³/mol. The Kier molecular flexibility index (Phi) is 6.10. The minimum Gasteiger partial charge on any atom is -0.378 e. The summed E-state index contributed by atoms with van der Waals surface area (Å²) in [6.45, 7) is 6.26. The van der Waals surface area contributed by atoms with Gasteiger partial charge < -0.3 is 19.9 Å². The van der Waals surface area contributed by atoms with E-state index in [1.54, 1.807) is 0 Å². The van der Waals surface area contributed by atoms with Crippen LogP contribution in [0.25, 0.3) is 0 Å². The van der Waals surface area contributed by atoms with Crippen LogP contribution in [-0.2, 0) is 4.74 Å². The fourth-order valence-electron chi connectivity index (χ4n) is 3.59. The number of morpholine rings is 1. The van der Waals surface area contributed by atoms with Gasteiger partial charge in [-0.05, 0) is 63.0 Å². The van der Waals surface area contributed by atoms with Gasteiger partial charge in [0.05, 0.1) is 13.2 Å². The molecule has 24 heavy (non-hydrogen) atoms. The molecule has 2 fully saturated rings. The van der Waals surface area contributed by atoms with Gasteiger partial charge in [0.1, 0.15) is 0 Å². The first kappa shape index (κ1) is 17.2. The monoisotopic (exact) mass is 331 g/mol. The highest BCUT2D eigenvalue weighted by atomic mass is 16.5. The van der Waals surface area contributed by atoms with E-state index < -0.39 is 0 Å². The summed E-state index contributed by atoms with van der Waals surface area (Å²) in [7, 11) is 2.00. The minimum absolute atomic E-state index is 0.176. The summed E-state index contributed by atoms with van der Waals surface area (Å²) in [6.07, 6.45) is 3.46. The third-order valence-corrected chi connectivity index (χ3v) is 5.19. The van der Waals surface area contributed by atoms with Crippen LogP contribution in [0.15, 0.2) is 24.3 Å². The van der Waals surface area contributed by atoms with E-state index in [0.717, 1.165) is 70.3 Å². The van der Waals surface area contributed by atoms with E-state index in [4.69, 9.17) is 4.74 Å². The van der Waals surface area contributed by atoms with Gasteiger partial charge in [-0.2, -0.15) is 0 Å². The van der Waals surface area contributed by atoms with E-state index in [1.165, 1.54) is 12.1 Å². The predicted octanol–water partition coefficient (Wildman–Crippen LogP) is 1.98. The highest BCUT2D eigenvalue weighted by Crippen LogP contribution is 2.22. The quantitative estimate of drug-likeness (QED) is 0.896. The molecule has 0 saturated carbocycles. The SMILES string of the molecule is CNCCC1CCN(C(=O)c2ccc(N3CCOCC3)cc2)CC1. The molecule has 2 saturated heterocycles. The number of piperidine rings is 1. The van der Waals surface area contributed by atoms with Crippen molar-refractivity contribution in [2.45, 2.75) is 19.3 Å². The van der Waals surface area contributed by atoms with Crippen LogP contribution in [0.2, 0.25) is 0 Å². The molecule has 0 bridgehead atoms.